The number of pyridine rings is 1. The molecular weight excluding hydrogens is 276 g/mol. The highest BCUT2D eigenvalue weighted by molar-refractivity contribution is 6.03. The lowest BCUT2D eigenvalue weighted by atomic mass is 10.1. The fourth-order valence-corrected chi connectivity index (χ4v) is 2.18. The molecule has 22 heavy (non-hydrogen) atoms. The number of aromatic amines is 1. The molecule has 1 amide bonds. The summed E-state index contributed by atoms with van der Waals surface area (Å²) in [6, 6.07) is 13.2. The summed E-state index contributed by atoms with van der Waals surface area (Å²) in [4.78, 5) is 16.2. The summed E-state index contributed by atoms with van der Waals surface area (Å²) in [5.74, 6) is -0.207. The van der Waals surface area contributed by atoms with Gasteiger partial charge in [-0.1, -0.05) is 19.1 Å². The number of benzene rings is 1. The highest BCUT2D eigenvalue weighted by atomic mass is 16.1. The molecule has 0 saturated heterocycles. The van der Waals surface area contributed by atoms with Crippen molar-refractivity contribution < 1.29 is 4.79 Å². The Labute approximate surface area is 128 Å². The zero-order valence-electron chi connectivity index (χ0n) is 12.2. The Hall–Kier alpha value is -2.95. The van der Waals surface area contributed by atoms with Gasteiger partial charge >= 0.3 is 0 Å². The second kappa shape index (κ2) is 6.22. The van der Waals surface area contributed by atoms with Crippen LogP contribution in [0.3, 0.4) is 0 Å². The monoisotopic (exact) mass is 292 g/mol. The Morgan fingerprint density at radius 1 is 1.18 bits per heavy atom. The van der Waals surface area contributed by atoms with Gasteiger partial charge in [0.1, 0.15) is 5.69 Å². The molecular formula is C17H16N4O. The molecule has 0 aliphatic heterocycles. The molecule has 0 atom stereocenters. The van der Waals surface area contributed by atoms with Gasteiger partial charge in [-0.3, -0.25) is 14.9 Å². The molecule has 3 rings (SSSR count). The summed E-state index contributed by atoms with van der Waals surface area (Å²) in [6.07, 6.45) is 4.32. The molecule has 5 heteroatoms. The van der Waals surface area contributed by atoms with Crippen molar-refractivity contribution in [3.05, 3.63) is 66.1 Å². The van der Waals surface area contributed by atoms with Crippen LogP contribution in [-0.2, 0) is 6.42 Å². The number of nitrogens with zero attached hydrogens (tertiary/aromatic N) is 2. The van der Waals surface area contributed by atoms with Crippen LogP contribution in [0.1, 0.15) is 23.0 Å². The van der Waals surface area contributed by atoms with E-state index < -0.39 is 0 Å². The topological polar surface area (TPSA) is 70.7 Å². The molecule has 0 unspecified atom stereocenters. The van der Waals surface area contributed by atoms with Crippen molar-refractivity contribution in [1.29, 1.82) is 0 Å². The largest absolute Gasteiger partial charge is 0.321 e. The van der Waals surface area contributed by atoms with Crippen molar-refractivity contribution in [3.8, 4) is 11.3 Å². The van der Waals surface area contributed by atoms with E-state index in [1.165, 1.54) is 5.56 Å². The summed E-state index contributed by atoms with van der Waals surface area (Å²) in [5.41, 5.74) is 4.02. The first-order valence-electron chi connectivity index (χ1n) is 7.12. The van der Waals surface area contributed by atoms with E-state index in [9.17, 15) is 4.79 Å². The van der Waals surface area contributed by atoms with Gasteiger partial charge in [0.2, 0.25) is 0 Å². The summed E-state index contributed by atoms with van der Waals surface area (Å²) >= 11 is 0. The number of amides is 1. The van der Waals surface area contributed by atoms with Crippen molar-refractivity contribution in [2.75, 3.05) is 5.32 Å². The zero-order chi connectivity index (χ0) is 15.4. The van der Waals surface area contributed by atoms with Crippen LogP contribution in [0.2, 0.25) is 0 Å². The molecule has 1 aromatic carbocycles. The second-order valence-electron chi connectivity index (χ2n) is 4.91. The van der Waals surface area contributed by atoms with Crippen LogP contribution in [0.25, 0.3) is 11.3 Å². The normalized spacial score (nSPS) is 10.4. The molecule has 110 valence electrons. The lowest BCUT2D eigenvalue weighted by molar-refractivity contribution is 0.102. The number of carbonyl (C=O) groups excluding carboxylic acids is 1. The first-order valence-corrected chi connectivity index (χ1v) is 7.12. The lowest BCUT2D eigenvalue weighted by Gasteiger charge is -2.05. The Morgan fingerprint density at radius 3 is 2.77 bits per heavy atom. The van der Waals surface area contributed by atoms with Gasteiger partial charge in [0, 0.05) is 23.6 Å². The van der Waals surface area contributed by atoms with Gasteiger partial charge in [-0.2, -0.15) is 5.10 Å². The second-order valence-corrected chi connectivity index (χ2v) is 4.91. The van der Waals surface area contributed by atoms with Gasteiger partial charge < -0.3 is 5.32 Å². The van der Waals surface area contributed by atoms with E-state index in [1.807, 2.05) is 36.4 Å². The number of carbonyl (C=O) groups is 1. The highest BCUT2D eigenvalue weighted by Crippen LogP contribution is 2.17. The first-order chi connectivity index (χ1) is 10.8. The molecule has 0 bridgehead atoms. The molecule has 2 N–H and O–H groups in total. The molecule has 0 fully saturated rings. The summed E-state index contributed by atoms with van der Waals surface area (Å²) < 4.78 is 0. The molecule has 5 nitrogen and oxygen atoms in total. The zero-order valence-corrected chi connectivity index (χ0v) is 12.2. The quantitative estimate of drug-likeness (QED) is 0.775. The Balaban J connectivity index is 1.77. The van der Waals surface area contributed by atoms with Crippen LogP contribution in [0.15, 0.2) is 54.9 Å². The molecule has 0 radical (unpaired) electrons. The van der Waals surface area contributed by atoms with Crippen molar-refractivity contribution in [3.63, 3.8) is 0 Å². The van der Waals surface area contributed by atoms with Crippen molar-refractivity contribution in [2.45, 2.75) is 13.3 Å². The maximum Gasteiger partial charge on any atom is 0.273 e. The first kappa shape index (κ1) is 14.0. The molecule has 0 spiro atoms. The maximum absolute atomic E-state index is 12.3. The van der Waals surface area contributed by atoms with Gasteiger partial charge in [-0.05, 0) is 42.3 Å². The van der Waals surface area contributed by atoms with Crippen LogP contribution >= 0.6 is 0 Å². The molecule has 2 heterocycles. The standard InChI is InChI=1S/C17H16N4O/c1-2-12-4-3-5-14(10-12)19-17(22)16-11-15(20-21-16)13-6-8-18-9-7-13/h3-11H,2H2,1H3,(H,19,22)(H,20,21). The van der Waals surface area contributed by atoms with E-state index in [4.69, 9.17) is 0 Å². The molecule has 0 saturated carbocycles. The van der Waals surface area contributed by atoms with Crippen molar-refractivity contribution >= 4 is 11.6 Å². The minimum Gasteiger partial charge on any atom is -0.321 e. The smallest absolute Gasteiger partial charge is 0.273 e. The summed E-state index contributed by atoms with van der Waals surface area (Å²) in [5, 5.41) is 9.81. The Bertz CT molecular complexity index is 780. The van der Waals surface area contributed by atoms with Gasteiger partial charge in [0.15, 0.2) is 0 Å². The molecule has 2 aromatic heterocycles. The van der Waals surface area contributed by atoms with E-state index in [1.54, 1.807) is 18.5 Å². The summed E-state index contributed by atoms with van der Waals surface area (Å²) in [6.45, 7) is 2.08. The third-order valence-corrected chi connectivity index (χ3v) is 3.39. The third-order valence-electron chi connectivity index (χ3n) is 3.39. The average molecular weight is 292 g/mol. The fraction of sp³-hybridized carbons (Fsp3) is 0.118. The van der Waals surface area contributed by atoms with Gasteiger partial charge in [0.05, 0.1) is 5.69 Å². The van der Waals surface area contributed by atoms with E-state index in [0.717, 1.165) is 23.4 Å². The fourth-order valence-electron chi connectivity index (χ4n) is 2.18. The Kier molecular flexibility index (Phi) is 3.96. The predicted octanol–water partition coefficient (Wildman–Crippen LogP) is 3.29. The number of nitrogens with one attached hydrogen (secondary N) is 2. The van der Waals surface area contributed by atoms with Crippen LogP contribution in [0.4, 0.5) is 5.69 Å². The number of aromatic nitrogens is 3. The number of rotatable bonds is 4. The van der Waals surface area contributed by atoms with Crippen molar-refractivity contribution in [1.82, 2.24) is 15.2 Å². The Morgan fingerprint density at radius 2 is 2.00 bits per heavy atom. The number of hydrogen-bond donors (Lipinski definition) is 2. The van der Waals surface area contributed by atoms with E-state index >= 15 is 0 Å². The minimum atomic E-state index is -0.207. The SMILES string of the molecule is CCc1cccc(NC(=O)c2cc(-c3ccncc3)n[nH]2)c1. The number of hydrogen-bond acceptors (Lipinski definition) is 3. The van der Waals surface area contributed by atoms with Gasteiger partial charge in [-0.15, -0.1) is 0 Å². The van der Waals surface area contributed by atoms with Crippen LogP contribution in [0, 0.1) is 0 Å². The van der Waals surface area contributed by atoms with Gasteiger partial charge in [-0.25, -0.2) is 0 Å². The van der Waals surface area contributed by atoms with E-state index in [0.29, 0.717) is 5.69 Å². The molecule has 0 aliphatic rings. The van der Waals surface area contributed by atoms with E-state index in [2.05, 4.69) is 27.4 Å². The van der Waals surface area contributed by atoms with Crippen LogP contribution < -0.4 is 5.32 Å². The minimum absolute atomic E-state index is 0.207. The number of aryl methyl sites for hydroxylation is 1. The van der Waals surface area contributed by atoms with E-state index in [-0.39, 0.29) is 5.91 Å². The van der Waals surface area contributed by atoms with Crippen LogP contribution in [0.5, 0.6) is 0 Å². The predicted molar refractivity (Wildman–Crippen MR) is 85.6 cm³/mol. The van der Waals surface area contributed by atoms with Gasteiger partial charge in [0.25, 0.3) is 5.91 Å². The maximum atomic E-state index is 12.3. The average Bonchev–Trinajstić information content (AvgIpc) is 3.06. The lowest BCUT2D eigenvalue weighted by Crippen LogP contribution is -2.12. The highest BCUT2D eigenvalue weighted by Gasteiger charge is 2.11. The van der Waals surface area contributed by atoms with Crippen molar-refractivity contribution in [2.24, 2.45) is 0 Å². The number of H-pyrrole nitrogens is 1. The number of anilines is 1. The molecule has 3 aromatic rings. The molecule has 0 aliphatic carbocycles. The summed E-state index contributed by atoms with van der Waals surface area (Å²) in [7, 11) is 0. The third kappa shape index (κ3) is 3.03. The van der Waals surface area contributed by atoms with Crippen LogP contribution in [-0.4, -0.2) is 21.1 Å².